The third kappa shape index (κ3) is 5.78. The molecule has 0 spiro atoms. The Morgan fingerprint density at radius 1 is 1.35 bits per heavy atom. The number of rotatable bonds is 5. The van der Waals surface area contributed by atoms with Crippen molar-refractivity contribution in [2.24, 2.45) is 5.92 Å². The fourth-order valence-corrected chi connectivity index (χ4v) is 3.27. The molecule has 23 heavy (non-hydrogen) atoms. The number of urea groups is 1. The minimum Gasteiger partial charge on any atom is -0.468 e. The summed E-state index contributed by atoms with van der Waals surface area (Å²) in [5, 5.41) is 2.96. The third-order valence-corrected chi connectivity index (χ3v) is 4.94. The molecule has 126 valence electrons. The number of benzene rings is 1. The van der Waals surface area contributed by atoms with Crippen molar-refractivity contribution in [3.05, 3.63) is 29.8 Å². The zero-order chi connectivity index (χ0) is 16.7. The van der Waals surface area contributed by atoms with Crippen molar-refractivity contribution in [3.8, 4) is 0 Å². The van der Waals surface area contributed by atoms with Crippen LogP contribution < -0.4 is 5.32 Å². The molecular formula is C17H24N2O3S. The highest BCUT2D eigenvalue weighted by Crippen LogP contribution is 2.19. The van der Waals surface area contributed by atoms with Crippen molar-refractivity contribution < 1.29 is 14.3 Å². The standard InChI is InChI=1S/C17H24N2O3S/c1-13-6-8-19(9-7-13)17(21)18-15-5-3-4-14(10-15)11-23-12-16(20)22-2/h3-5,10,13H,6-9,11-12H2,1-2H3,(H,18,21). The van der Waals surface area contributed by atoms with Crippen LogP contribution in [0.1, 0.15) is 25.3 Å². The minimum absolute atomic E-state index is 0.0312. The zero-order valence-electron chi connectivity index (χ0n) is 13.7. The van der Waals surface area contributed by atoms with Crippen molar-refractivity contribution >= 4 is 29.4 Å². The number of anilines is 1. The van der Waals surface area contributed by atoms with Crippen molar-refractivity contribution in [2.45, 2.75) is 25.5 Å². The molecule has 2 rings (SSSR count). The third-order valence-electron chi connectivity index (χ3n) is 3.97. The largest absolute Gasteiger partial charge is 0.468 e. The Morgan fingerprint density at radius 2 is 2.09 bits per heavy atom. The van der Waals surface area contributed by atoms with Crippen LogP contribution in [0.15, 0.2) is 24.3 Å². The molecule has 1 saturated heterocycles. The summed E-state index contributed by atoms with van der Waals surface area (Å²) in [4.78, 5) is 25.3. The Hall–Kier alpha value is -1.69. The van der Waals surface area contributed by atoms with Gasteiger partial charge in [0.2, 0.25) is 0 Å². The van der Waals surface area contributed by atoms with Gasteiger partial charge in [-0.1, -0.05) is 19.1 Å². The highest BCUT2D eigenvalue weighted by Gasteiger charge is 2.20. The van der Waals surface area contributed by atoms with Crippen LogP contribution in [-0.2, 0) is 15.3 Å². The molecule has 6 heteroatoms. The van der Waals surface area contributed by atoms with E-state index in [0.29, 0.717) is 17.4 Å². The summed E-state index contributed by atoms with van der Waals surface area (Å²) >= 11 is 1.50. The lowest BCUT2D eigenvalue weighted by Crippen LogP contribution is -2.40. The van der Waals surface area contributed by atoms with Gasteiger partial charge < -0.3 is 15.0 Å². The predicted molar refractivity (Wildman–Crippen MR) is 93.6 cm³/mol. The van der Waals surface area contributed by atoms with E-state index in [0.717, 1.165) is 37.2 Å². The Bertz CT molecular complexity index is 542. The molecule has 1 aliphatic rings. The zero-order valence-corrected chi connectivity index (χ0v) is 14.5. The molecule has 1 heterocycles. The van der Waals surface area contributed by atoms with E-state index in [4.69, 9.17) is 0 Å². The topological polar surface area (TPSA) is 58.6 Å². The Balaban J connectivity index is 1.84. The summed E-state index contributed by atoms with van der Waals surface area (Å²) in [6, 6.07) is 7.72. The van der Waals surface area contributed by atoms with Gasteiger partial charge >= 0.3 is 12.0 Å². The summed E-state index contributed by atoms with van der Waals surface area (Å²) < 4.78 is 4.62. The van der Waals surface area contributed by atoms with E-state index < -0.39 is 0 Å². The number of ether oxygens (including phenoxy) is 1. The molecule has 0 unspecified atom stereocenters. The van der Waals surface area contributed by atoms with Crippen molar-refractivity contribution in [1.29, 1.82) is 0 Å². The normalized spacial score (nSPS) is 15.3. The Morgan fingerprint density at radius 3 is 2.78 bits per heavy atom. The molecule has 1 aromatic carbocycles. The van der Waals surface area contributed by atoms with E-state index in [9.17, 15) is 9.59 Å². The molecule has 1 aliphatic heterocycles. The van der Waals surface area contributed by atoms with Crippen LogP contribution in [0.3, 0.4) is 0 Å². The van der Waals surface area contributed by atoms with Crippen LogP contribution in [0.4, 0.5) is 10.5 Å². The predicted octanol–water partition coefficient (Wildman–Crippen LogP) is 3.36. The van der Waals surface area contributed by atoms with Gasteiger partial charge in [-0.05, 0) is 36.5 Å². The molecular weight excluding hydrogens is 312 g/mol. The summed E-state index contributed by atoms with van der Waals surface area (Å²) in [5.41, 5.74) is 1.87. The van der Waals surface area contributed by atoms with Gasteiger partial charge in [-0.3, -0.25) is 4.79 Å². The second-order valence-corrected chi connectivity index (χ2v) is 6.85. The van der Waals surface area contributed by atoms with Crippen LogP contribution in [0, 0.1) is 5.92 Å². The fraction of sp³-hybridized carbons (Fsp3) is 0.529. The Kier molecular flexibility index (Phi) is 6.77. The van der Waals surface area contributed by atoms with Gasteiger partial charge in [-0.25, -0.2) is 4.79 Å². The van der Waals surface area contributed by atoms with E-state index >= 15 is 0 Å². The molecule has 0 bridgehead atoms. The van der Waals surface area contributed by atoms with Crippen LogP contribution >= 0.6 is 11.8 Å². The molecule has 1 fully saturated rings. The number of thioether (sulfide) groups is 1. The van der Waals surface area contributed by atoms with E-state index in [1.54, 1.807) is 0 Å². The molecule has 0 atom stereocenters. The molecule has 0 aromatic heterocycles. The monoisotopic (exact) mass is 336 g/mol. The summed E-state index contributed by atoms with van der Waals surface area (Å²) in [6.07, 6.45) is 2.13. The lowest BCUT2D eigenvalue weighted by Gasteiger charge is -2.30. The maximum Gasteiger partial charge on any atom is 0.321 e. The molecule has 2 amide bonds. The van der Waals surface area contributed by atoms with Gasteiger partial charge in [0.25, 0.3) is 0 Å². The molecule has 1 aromatic rings. The average molecular weight is 336 g/mol. The van der Waals surface area contributed by atoms with Crippen molar-refractivity contribution in [3.63, 3.8) is 0 Å². The number of carbonyl (C=O) groups excluding carboxylic acids is 2. The quantitative estimate of drug-likeness (QED) is 0.838. The van der Waals surface area contributed by atoms with E-state index in [1.165, 1.54) is 18.9 Å². The van der Waals surface area contributed by atoms with Crippen LogP contribution in [0.2, 0.25) is 0 Å². The lowest BCUT2D eigenvalue weighted by atomic mass is 10.00. The number of nitrogens with one attached hydrogen (secondary N) is 1. The number of esters is 1. The highest BCUT2D eigenvalue weighted by molar-refractivity contribution is 7.99. The first-order valence-electron chi connectivity index (χ1n) is 7.88. The van der Waals surface area contributed by atoms with Crippen molar-refractivity contribution in [1.82, 2.24) is 4.90 Å². The van der Waals surface area contributed by atoms with Gasteiger partial charge in [0.05, 0.1) is 12.9 Å². The molecule has 1 N–H and O–H groups in total. The number of nitrogens with zero attached hydrogens (tertiary/aromatic N) is 1. The maximum absolute atomic E-state index is 12.3. The number of amides is 2. The maximum atomic E-state index is 12.3. The SMILES string of the molecule is COC(=O)CSCc1cccc(NC(=O)N2CCC(C)CC2)c1. The highest BCUT2D eigenvalue weighted by atomic mass is 32.2. The summed E-state index contributed by atoms with van der Waals surface area (Å²) in [6.45, 7) is 3.87. The van der Waals surface area contributed by atoms with Gasteiger partial charge in [0, 0.05) is 24.5 Å². The van der Waals surface area contributed by atoms with Gasteiger partial charge in [0.1, 0.15) is 0 Å². The number of piperidine rings is 1. The first kappa shape index (κ1) is 17.7. The number of methoxy groups -OCH3 is 1. The smallest absolute Gasteiger partial charge is 0.321 e. The fourth-order valence-electron chi connectivity index (χ4n) is 2.46. The number of carbonyl (C=O) groups is 2. The molecule has 0 radical (unpaired) electrons. The van der Waals surface area contributed by atoms with Crippen molar-refractivity contribution in [2.75, 3.05) is 31.3 Å². The lowest BCUT2D eigenvalue weighted by molar-refractivity contribution is -0.137. The van der Waals surface area contributed by atoms with Gasteiger partial charge in [-0.15, -0.1) is 11.8 Å². The van der Waals surface area contributed by atoms with Gasteiger partial charge in [0.15, 0.2) is 0 Å². The number of hydrogen-bond acceptors (Lipinski definition) is 4. The minimum atomic E-state index is -0.223. The molecule has 0 aliphatic carbocycles. The second kappa shape index (κ2) is 8.82. The first-order valence-corrected chi connectivity index (χ1v) is 9.03. The first-order chi connectivity index (χ1) is 11.1. The number of likely N-dealkylation sites (tertiary alicyclic amines) is 1. The summed E-state index contributed by atoms with van der Waals surface area (Å²) in [5.74, 6) is 1.52. The van der Waals surface area contributed by atoms with Crippen LogP contribution in [0.25, 0.3) is 0 Å². The van der Waals surface area contributed by atoms with E-state index in [1.807, 2.05) is 29.2 Å². The van der Waals surface area contributed by atoms with E-state index in [2.05, 4.69) is 17.0 Å². The van der Waals surface area contributed by atoms with Crippen LogP contribution in [-0.4, -0.2) is 42.9 Å². The van der Waals surface area contributed by atoms with E-state index in [-0.39, 0.29) is 12.0 Å². The second-order valence-electron chi connectivity index (χ2n) is 5.87. The summed E-state index contributed by atoms with van der Waals surface area (Å²) in [7, 11) is 1.39. The van der Waals surface area contributed by atoms with Gasteiger partial charge in [-0.2, -0.15) is 0 Å². The average Bonchev–Trinajstić information content (AvgIpc) is 2.55. The van der Waals surface area contributed by atoms with Crippen LogP contribution in [0.5, 0.6) is 0 Å². The molecule has 0 saturated carbocycles. The Labute approximate surface area is 141 Å². The molecule has 5 nitrogen and oxygen atoms in total. The number of hydrogen-bond donors (Lipinski definition) is 1.